The zero-order valence-corrected chi connectivity index (χ0v) is 12.4. The molecule has 0 amide bonds. The monoisotopic (exact) mass is 276 g/mol. The van der Waals surface area contributed by atoms with E-state index in [0.29, 0.717) is 12.7 Å². The summed E-state index contributed by atoms with van der Waals surface area (Å²) in [6.45, 7) is 4.67. The number of unbranched alkanes of at least 4 members (excludes halogenated alkanes) is 1. The van der Waals surface area contributed by atoms with E-state index in [-0.39, 0.29) is 6.29 Å². The van der Waals surface area contributed by atoms with E-state index < -0.39 is 0 Å². The summed E-state index contributed by atoms with van der Waals surface area (Å²) in [5, 5.41) is 0. The molecule has 0 bridgehead atoms. The van der Waals surface area contributed by atoms with E-state index in [1.807, 2.05) is 25.1 Å². The van der Waals surface area contributed by atoms with Gasteiger partial charge in [0.05, 0.1) is 12.7 Å². The Bertz CT molecular complexity index is 442. The summed E-state index contributed by atoms with van der Waals surface area (Å²) in [5.74, 6) is 0. The van der Waals surface area contributed by atoms with Crippen LogP contribution in [0.5, 0.6) is 0 Å². The summed E-state index contributed by atoms with van der Waals surface area (Å²) in [7, 11) is 0. The van der Waals surface area contributed by atoms with Crippen LogP contribution in [0.2, 0.25) is 0 Å². The summed E-state index contributed by atoms with van der Waals surface area (Å²) in [6, 6.07) is 5.74. The maximum atomic E-state index is 10.9. The highest BCUT2D eigenvalue weighted by molar-refractivity contribution is 5.77. The van der Waals surface area contributed by atoms with Gasteiger partial charge in [-0.3, -0.25) is 4.79 Å². The molecule has 1 fully saturated rings. The molecular weight excluding hydrogens is 252 g/mol. The summed E-state index contributed by atoms with van der Waals surface area (Å²) < 4.78 is 11.7. The van der Waals surface area contributed by atoms with Gasteiger partial charge in [-0.25, -0.2) is 0 Å². The average Bonchev–Trinajstić information content (AvgIpc) is 2.92. The van der Waals surface area contributed by atoms with Crippen molar-refractivity contribution in [1.82, 2.24) is 0 Å². The van der Waals surface area contributed by atoms with Crippen LogP contribution in [-0.2, 0) is 16.1 Å². The normalized spacial score (nSPS) is 22.1. The largest absolute Gasteiger partial charge is 0.349 e. The minimum Gasteiger partial charge on any atom is -0.349 e. The van der Waals surface area contributed by atoms with Crippen LogP contribution in [0.15, 0.2) is 18.2 Å². The van der Waals surface area contributed by atoms with E-state index in [9.17, 15) is 4.79 Å². The Morgan fingerprint density at radius 2 is 2.25 bits per heavy atom. The Balaban J connectivity index is 1.83. The van der Waals surface area contributed by atoms with Crippen LogP contribution in [0.25, 0.3) is 0 Å². The highest BCUT2D eigenvalue weighted by Crippen LogP contribution is 2.25. The van der Waals surface area contributed by atoms with E-state index in [1.54, 1.807) is 0 Å². The Morgan fingerprint density at radius 3 is 3.00 bits per heavy atom. The smallest absolute Gasteiger partial charge is 0.158 e. The van der Waals surface area contributed by atoms with Gasteiger partial charge in [0.2, 0.25) is 0 Å². The molecule has 0 N–H and O–H groups in total. The Labute approximate surface area is 121 Å². The fourth-order valence-corrected chi connectivity index (χ4v) is 2.61. The van der Waals surface area contributed by atoms with Gasteiger partial charge in [0.25, 0.3) is 0 Å². The number of rotatable bonds is 7. The number of hydrogen-bond donors (Lipinski definition) is 0. The minimum absolute atomic E-state index is 0.0869. The zero-order valence-electron chi connectivity index (χ0n) is 12.4. The van der Waals surface area contributed by atoms with E-state index in [4.69, 9.17) is 9.47 Å². The van der Waals surface area contributed by atoms with Gasteiger partial charge in [0.1, 0.15) is 6.29 Å². The first-order chi connectivity index (χ1) is 9.74. The van der Waals surface area contributed by atoms with E-state index >= 15 is 0 Å². The number of aldehydes is 1. The predicted molar refractivity (Wildman–Crippen MR) is 78.8 cm³/mol. The second kappa shape index (κ2) is 7.55. The number of carbonyl (C=O) groups is 1. The molecule has 1 saturated heterocycles. The number of benzene rings is 1. The van der Waals surface area contributed by atoms with Crippen LogP contribution in [0, 0.1) is 6.92 Å². The minimum atomic E-state index is -0.0869. The standard InChI is InChI=1S/C17H24O3/c1-3-4-8-16-9-10-17(20-16)19-12-15-7-5-6-14(11-18)13(15)2/h5-7,11,16-17H,3-4,8-10,12H2,1-2H3. The highest BCUT2D eigenvalue weighted by Gasteiger charge is 2.25. The maximum absolute atomic E-state index is 10.9. The molecule has 3 nitrogen and oxygen atoms in total. The van der Waals surface area contributed by atoms with Gasteiger partial charge in [0.15, 0.2) is 6.29 Å². The van der Waals surface area contributed by atoms with Crippen molar-refractivity contribution in [2.75, 3.05) is 0 Å². The molecule has 0 saturated carbocycles. The predicted octanol–water partition coefficient (Wildman–Crippen LogP) is 4.02. The molecule has 1 aliphatic heterocycles. The van der Waals surface area contributed by atoms with Crippen molar-refractivity contribution in [2.45, 2.75) is 65.0 Å². The molecule has 110 valence electrons. The molecule has 0 spiro atoms. The van der Waals surface area contributed by atoms with Gasteiger partial charge >= 0.3 is 0 Å². The molecule has 2 unspecified atom stereocenters. The van der Waals surface area contributed by atoms with Crippen LogP contribution in [0.4, 0.5) is 0 Å². The molecule has 0 aromatic heterocycles. The summed E-state index contributed by atoms with van der Waals surface area (Å²) in [5.41, 5.74) is 2.80. The zero-order chi connectivity index (χ0) is 14.4. The quantitative estimate of drug-likeness (QED) is 0.706. The highest BCUT2D eigenvalue weighted by atomic mass is 16.7. The Morgan fingerprint density at radius 1 is 1.40 bits per heavy atom. The summed E-state index contributed by atoms with van der Waals surface area (Å²) >= 11 is 0. The van der Waals surface area contributed by atoms with Crippen LogP contribution < -0.4 is 0 Å². The van der Waals surface area contributed by atoms with Crippen molar-refractivity contribution in [2.24, 2.45) is 0 Å². The SMILES string of the molecule is CCCCC1CCC(OCc2cccc(C=O)c2C)O1. The van der Waals surface area contributed by atoms with Gasteiger partial charge in [0, 0.05) is 12.0 Å². The molecule has 0 aliphatic carbocycles. The first-order valence-electron chi connectivity index (χ1n) is 7.55. The van der Waals surface area contributed by atoms with Crippen LogP contribution >= 0.6 is 0 Å². The summed E-state index contributed by atoms with van der Waals surface area (Å²) in [6.07, 6.45) is 6.81. The Kier molecular flexibility index (Phi) is 5.74. The molecule has 1 heterocycles. The van der Waals surface area contributed by atoms with Crippen molar-refractivity contribution in [3.8, 4) is 0 Å². The topological polar surface area (TPSA) is 35.5 Å². The number of hydrogen-bond acceptors (Lipinski definition) is 3. The molecular formula is C17H24O3. The number of ether oxygens (including phenoxy) is 2. The lowest BCUT2D eigenvalue weighted by atomic mass is 10.0. The third-order valence-electron chi connectivity index (χ3n) is 3.99. The molecule has 1 aromatic carbocycles. The van der Waals surface area contributed by atoms with Gasteiger partial charge in [-0.2, -0.15) is 0 Å². The molecule has 20 heavy (non-hydrogen) atoms. The summed E-state index contributed by atoms with van der Waals surface area (Å²) in [4.78, 5) is 10.9. The van der Waals surface area contributed by atoms with Crippen molar-refractivity contribution >= 4 is 6.29 Å². The first kappa shape index (κ1) is 15.2. The van der Waals surface area contributed by atoms with E-state index in [1.165, 1.54) is 12.8 Å². The maximum Gasteiger partial charge on any atom is 0.158 e. The third-order valence-corrected chi connectivity index (χ3v) is 3.99. The molecule has 2 atom stereocenters. The fraction of sp³-hybridized carbons (Fsp3) is 0.588. The van der Waals surface area contributed by atoms with Crippen molar-refractivity contribution < 1.29 is 14.3 Å². The fourth-order valence-electron chi connectivity index (χ4n) is 2.61. The van der Waals surface area contributed by atoms with Crippen molar-refractivity contribution in [3.05, 3.63) is 34.9 Å². The molecule has 3 heteroatoms. The van der Waals surface area contributed by atoms with Crippen molar-refractivity contribution in [3.63, 3.8) is 0 Å². The van der Waals surface area contributed by atoms with Crippen LogP contribution in [0.1, 0.15) is 60.5 Å². The lowest BCUT2D eigenvalue weighted by Gasteiger charge is -2.15. The third kappa shape index (κ3) is 3.90. The van der Waals surface area contributed by atoms with E-state index in [2.05, 4.69) is 6.92 Å². The lowest BCUT2D eigenvalue weighted by Crippen LogP contribution is -2.14. The van der Waals surface area contributed by atoms with Gasteiger partial charge in [-0.05, 0) is 30.9 Å². The van der Waals surface area contributed by atoms with E-state index in [0.717, 1.165) is 42.2 Å². The van der Waals surface area contributed by atoms with Crippen LogP contribution in [-0.4, -0.2) is 18.7 Å². The second-order valence-electron chi connectivity index (χ2n) is 5.47. The molecule has 1 aliphatic rings. The first-order valence-corrected chi connectivity index (χ1v) is 7.55. The molecule has 1 aromatic rings. The lowest BCUT2D eigenvalue weighted by molar-refractivity contribution is -0.141. The average molecular weight is 276 g/mol. The molecule has 2 rings (SSSR count). The van der Waals surface area contributed by atoms with Gasteiger partial charge in [-0.1, -0.05) is 38.0 Å². The van der Waals surface area contributed by atoms with Gasteiger partial charge < -0.3 is 9.47 Å². The second-order valence-corrected chi connectivity index (χ2v) is 5.47. The van der Waals surface area contributed by atoms with Gasteiger partial charge in [-0.15, -0.1) is 0 Å². The Hall–Kier alpha value is -1.19. The number of carbonyl (C=O) groups excluding carboxylic acids is 1. The van der Waals surface area contributed by atoms with Crippen LogP contribution in [0.3, 0.4) is 0 Å². The van der Waals surface area contributed by atoms with Crippen molar-refractivity contribution in [1.29, 1.82) is 0 Å². The molecule has 0 radical (unpaired) electrons.